The monoisotopic (exact) mass is 182 g/mol. The smallest absolute Gasteiger partial charge is 0.176 e. The minimum absolute atomic E-state index is 0.0145. The van der Waals surface area contributed by atoms with E-state index in [9.17, 15) is 4.79 Å². The normalized spacial score (nSPS) is 16.9. The number of hydrogen-bond acceptors (Lipinski definition) is 3. The summed E-state index contributed by atoms with van der Waals surface area (Å²) in [6.07, 6.45) is -0.0145. The van der Waals surface area contributed by atoms with Crippen molar-refractivity contribution in [3.8, 4) is 12.1 Å². The van der Waals surface area contributed by atoms with Gasteiger partial charge in [-0.05, 0) is 5.56 Å². The summed E-state index contributed by atoms with van der Waals surface area (Å²) in [6.45, 7) is 0. The van der Waals surface area contributed by atoms with Gasteiger partial charge in [0.2, 0.25) is 0 Å². The lowest BCUT2D eigenvalue weighted by molar-refractivity contribution is 0.0987. The molecule has 0 N–H and O–H groups in total. The lowest BCUT2D eigenvalue weighted by Gasteiger charge is -2.09. The molecule has 0 unspecified atom stereocenters. The zero-order chi connectivity index (χ0) is 10.2. The molecule has 0 spiro atoms. The molecular weight excluding hydrogens is 176 g/mol. The number of carbonyl (C=O) groups is 1. The second kappa shape index (κ2) is 2.68. The first-order valence-electron chi connectivity index (χ1n) is 4.19. The van der Waals surface area contributed by atoms with Crippen molar-refractivity contribution in [2.24, 2.45) is 0 Å². The molecule has 3 heteroatoms. The molecule has 1 aliphatic carbocycles. The van der Waals surface area contributed by atoms with Crippen LogP contribution < -0.4 is 0 Å². The van der Waals surface area contributed by atoms with E-state index in [0.717, 1.165) is 0 Å². The zero-order valence-corrected chi connectivity index (χ0v) is 7.32. The van der Waals surface area contributed by atoms with Crippen LogP contribution in [0.5, 0.6) is 0 Å². The van der Waals surface area contributed by atoms with Crippen LogP contribution in [0.1, 0.15) is 22.3 Å². The van der Waals surface area contributed by atoms with Gasteiger partial charge in [-0.15, -0.1) is 0 Å². The third-order valence-corrected chi connectivity index (χ3v) is 2.49. The summed E-state index contributed by atoms with van der Waals surface area (Å²) in [5.74, 6) is -0.122. The van der Waals surface area contributed by atoms with Gasteiger partial charge in [0.15, 0.2) is 11.2 Å². The average molecular weight is 182 g/mol. The van der Waals surface area contributed by atoms with Crippen LogP contribution in [0.25, 0.3) is 0 Å². The fourth-order valence-corrected chi connectivity index (χ4v) is 1.75. The molecule has 66 valence electrons. The Morgan fingerprint density at radius 2 is 1.86 bits per heavy atom. The van der Waals surface area contributed by atoms with E-state index in [2.05, 4.69) is 0 Å². The number of nitriles is 2. The third-order valence-electron chi connectivity index (χ3n) is 2.49. The van der Waals surface area contributed by atoms with E-state index in [1.165, 1.54) is 0 Å². The van der Waals surface area contributed by atoms with Crippen molar-refractivity contribution in [3.63, 3.8) is 0 Å². The fraction of sp³-hybridized carbons (Fsp3) is 0.182. The molecule has 14 heavy (non-hydrogen) atoms. The standard InChI is InChI=1S/C11H6N2O/c12-6-11(7-13)5-10(14)8-3-1-2-4-9(8)11/h1-4H,5H2. The minimum Gasteiger partial charge on any atom is -0.294 e. The Morgan fingerprint density at radius 1 is 1.21 bits per heavy atom. The van der Waals surface area contributed by atoms with Crippen LogP contribution >= 0.6 is 0 Å². The Bertz CT molecular complexity index is 477. The van der Waals surface area contributed by atoms with E-state index in [4.69, 9.17) is 10.5 Å². The number of rotatable bonds is 0. The van der Waals surface area contributed by atoms with Crippen LogP contribution in [-0.4, -0.2) is 5.78 Å². The maximum atomic E-state index is 11.5. The van der Waals surface area contributed by atoms with Crippen LogP contribution in [0.15, 0.2) is 24.3 Å². The molecule has 1 aromatic rings. The van der Waals surface area contributed by atoms with Crippen molar-refractivity contribution in [1.82, 2.24) is 0 Å². The summed E-state index contributed by atoms with van der Waals surface area (Å²) in [5.41, 5.74) is -0.196. The molecule has 1 aromatic carbocycles. The highest BCUT2D eigenvalue weighted by Crippen LogP contribution is 2.37. The van der Waals surface area contributed by atoms with Crippen molar-refractivity contribution in [1.29, 1.82) is 10.5 Å². The maximum Gasteiger partial charge on any atom is 0.176 e. The topological polar surface area (TPSA) is 64.7 Å². The van der Waals surface area contributed by atoms with Crippen molar-refractivity contribution in [2.45, 2.75) is 11.8 Å². The van der Waals surface area contributed by atoms with Gasteiger partial charge in [-0.1, -0.05) is 24.3 Å². The molecule has 0 saturated carbocycles. The molecule has 0 atom stereocenters. The average Bonchev–Trinajstić information content (AvgIpc) is 2.53. The Labute approximate surface area is 81.2 Å². The van der Waals surface area contributed by atoms with Gasteiger partial charge in [0.1, 0.15) is 0 Å². The predicted octanol–water partition coefficient (Wildman–Crippen LogP) is 1.56. The van der Waals surface area contributed by atoms with Crippen LogP contribution in [0, 0.1) is 22.7 Å². The summed E-state index contributed by atoms with van der Waals surface area (Å²) >= 11 is 0. The molecule has 0 radical (unpaired) electrons. The summed E-state index contributed by atoms with van der Waals surface area (Å²) < 4.78 is 0. The maximum absolute atomic E-state index is 11.5. The predicted molar refractivity (Wildman–Crippen MR) is 48.3 cm³/mol. The van der Waals surface area contributed by atoms with Crippen molar-refractivity contribution >= 4 is 5.78 Å². The zero-order valence-electron chi connectivity index (χ0n) is 7.32. The van der Waals surface area contributed by atoms with E-state index in [-0.39, 0.29) is 12.2 Å². The van der Waals surface area contributed by atoms with E-state index < -0.39 is 5.41 Å². The SMILES string of the molecule is N#CC1(C#N)CC(=O)c2ccccc21. The number of ketones is 1. The van der Waals surface area contributed by atoms with Gasteiger partial charge in [-0.25, -0.2) is 0 Å². The number of hydrogen-bond donors (Lipinski definition) is 0. The highest BCUT2D eigenvalue weighted by atomic mass is 16.1. The van der Waals surface area contributed by atoms with Gasteiger partial charge in [0, 0.05) is 12.0 Å². The Balaban J connectivity index is 2.73. The van der Waals surface area contributed by atoms with Crippen LogP contribution in [0.3, 0.4) is 0 Å². The van der Waals surface area contributed by atoms with Gasteiger partial charge >= 0.3 is 0 Å². The summed E-state index contributed by atoms with van der Waals surface area (Å²) in [4.78, 5) is 11.5. The van der Waals surface area contributed by atoms with Gasteiger partial charge in [0.05, 0.1) is 12.1 Å². The van der Waals surface area contributed by atoms with Crippen molar-refractivity contribution < 1.29 is 4.79 Å². The van der Waals surface area contributed by atoms with E-state index in [1.807, 2.05) is 12.1 Å². The van der Waals surface area contributed by atoms with E-state index in [0.29, 0.717) is 11.1 Å². The van der Waals surface area contributed by atoms with Crippen molar-refractivity contribution in [3.05, 3.63) is 35.4 Å². The molecule has 0 aliphatic heterocycles. The first-order valence-corrected chi connectivity index (χ1v) is 4.19. The number of fused-ring (bicyclic) bond motifs is 1. The number of nitrogens with zero attached hydrogens (tertiary/aromatic N) is 2. The molecule has 0 aromatic heterocycles. The van der Waals surface area contributed by atoms with Crippen LogP contribution in [0.2, 0.25) is 0 Å². The van der Waals surface area contributed by atoms with Crippen LogP contribution in [-0.2, 0) is 5.41 Å². The molecule has 0 heterocycles. The molecule has 1 aliphatic rings. The first-order chi connectivity index (χ1) is 6.73. The summed E-state index contributed by atoms with van der Waals surface area (Å²) in [7, 11) is 0. The van der Waals surface area contributed by atoms with Gasteiger partial charge in [-0.2, -0.15) is 10.5 Å². The molecule has 3 nitrogen and oxygen atoms in total. The summed E-state index contributed by atoms with van der Waals surface area (Å²) in [6, 6.07) is 10.7. The molecular formula is C11H6N2O. The Morgan fingerprint density at radius 3 is 2.50 bits per heavy atom. The van der Waals surface area contributed by atoms with Gasteiger partial charge in [0.25, 0.3) is 0 Å². The summed E-state index contributed by atoms with van der Waals surface area (Å²) in [5, 5.41) is 17.9. The second-order valence-electron chi connectivity index (χ2n) is 3.27. The van der Waals surface area contributed by atoms with E-state index >= 15 is 0 Å². The lowest BCUT2D eigenvalue weighted by atomic mass is 9.85. The minimum atomic E-state index is -1.26. The Hall–Kier alpha value is -2.13. The lowest BCUT2D eigenvalue weighted by Crippen LogP contribution is -2.17. The Kier molecular flexibility index (Phi) is 1.62. The number of benzene rings is 1. The van der Waals surface area contributed by atoms with Crippen LogP contribution in [0.4, 0.5) is 0 Å². The molecule has 0 amide bonds. The molecule has 0 saturated heterocycles. The number of Topliss-reactive ketones (excluding diaryl/α,β-unsaturated/α-hetero) is 1. The quantitative estimate of drug-likeness (QED) is 0.611. The van der Waals surface area contributed by atoms with Gasteiger partial charge in [-0.3, -0.25) is 4.79 Å². The highest BCUT2D eigenvalue weighted by Gasteiger charge is 2.44. The van der Waals surface area contributed by atoms with Crippen molar-refractivity contribution in [2.75, 3.05) is 0 Å². The molecule has 0 fully saturated rings. The van der Waals surface area contributed by atoms with Gasteiger partial charge < -0.3 is 0 Å². The van der Waals surface area contributed by atoms with E-state index in [1.54, 1.807) is 24.3 Å². The second-order valence-corrected chi connectivity index (χ2v) is 3.27. The first kappa shape index (κ1) is 8.47. The fourth-order valence-electron chi connectivity index (χ4n) is 1.75. The molecule has 0 bridgehead atoms. The highest BCUT2D eigenvalue weighted by molar-refractivity contribution is 6.03. The third kappa shape index (κ3) is 0.870. The largest absolute Gasteiger partial charge is 0.294 e. The molecule has 2 rings (SSSR count). The number of carbonyl (C=O) groups excluding carboxylic acids is 1.